The van der Waals surface area contributed by atoms with Gasteiger partial charge in [0.1, 0.15) is 5.78 Å². The summed E-state index contributed by atoms with van der Waals surface area (Å²) in [5.74, 6) is 0.819. The van der Waals surface area contributed by atoms with Crippen LogP contribution in [0, 0.1) is 11.8 Å². The van der Waals surface area contributed by atoms with E-state index < -0.39 is 0 Å². The summed E-state index contributed by atoms with van der Waals surface area (Å²) < 4.78 is 11.8. The molecule has 0 saturated heterocycles. The highest BCUT2D eigenvalue weighted by Crippen LogP contribution is 2.27. The second-order valence-corrected chi connectivity index (χ2v) is 9.23. The molecule has 0 unspecified atom stereocenters. The Morgan fingerprint density at radius 3 is 2.07 bits per heavy atom. The van der Waals surface area contributed by atoms with E-state index in [1.54, 1.807) is 0 Å². The van der Waals surface area contributed by atoms with E-state index in [-0.39, 0.29) is 23.8 Å². The van der Waals surface area contributed by atoms with Crippen LogP contribution in [0.15, 0.2) is 0 Å². The zero-order chi connectivity index (χ0) is 20.5. The summed E-state index contributed by atoms with van der Waals surface area (Å²) in [5.41, 5.74) is 0. The number of carbonyl (C=O) groups excluding carboxylic acids is 2. The summed E-state index contributed by atoms with van der Waals surface area (Å²) in [5, 5.41) is 3.15. The van der Waals surface area contributed by atoms with Gasteiger partial charge in [0, 0.05) is 30.9 Å². The van der Waals surface area contributed by atoms with Crippen LogP contribution in [0.4, 0.5) is 0 Å². The number of carbonyl (C=O) groups is 2. The molecule has 2 saturated carbocycles. The molecule has 0 radical (unpaired) electrons. The Balaban J connectivity index is 1.51. The van der Waals surface area contributed by atoms with Crippen LogP contribution in [-0.4, -0.2) is 42.7 Å². The van der Waals surface area contributed by atoms with E-state index >= 15 is 0 Å². The average Bonchev–Trinajstić information content (AvgIpc) is 2.66. The van der Waals surface area contributed by atoms with Gasteiger partial charge in [0.2, 0.25) is 5.91 Å². The SMILES string of the molecule is CC(C)O[C@H]1CC[C@@H](OCCCC(=O)NC2CCC(C(=O)C(C)C)CC2)CC1. The molecular formula is C23H41NO4. The average molecular weight is 396 g/mol. The third-order valence-electron chi connectivity index (χ3n) is 6.05. The van der Waals surface area contributed by atoms with Crippen LogP contribution in [0.2, 0.25) is 0 Å². The standard InChI is InChI=1S/C23H41NO4/c1-16(2)23(26)18-7-9-19(10-8-18)24-22(25)6-5-15-27-20-11-13-21(14-12-20)28-17(3)4/h16-21H,5-15H2,1-4H3,(H,24,25)/t18?,19?,20-,21+. The third-order valence-corrected chi connectivity index (χ3v) is 6.05. The highest BCUT2D eigenvalue weighted by Gasteiger charge is 2.28. The Bertz CT molecular complexity index is 475. The molecule has 0 aromatic rings. The normalized spacial score (nSPS) is 28.5. The molecule has 0 aromatic heterocycles. The minimum atomic E-state index is 0.119. The summed E-state index contributed by atoms with van der Waals surface area (Å²) in [6.45, 7) is 8.78. The largest absolute Gasteiger partial charge is 0.378 e. The van der Waals surface area contributed by atoms with Crippen molar-refractivity contribution in [3.8, 4) is 0 Å². The second kappa shape index (κ2) is 11.9. The lowest BCUT2D eigenvalue weighted by Crippen LogP contribution is -2.39. The number of nitrogens with one attached hydrogen (secondary N) is 1. The Kier molecular flexibility index (Phi) is 9.93. The topological polar surface area (TPSA) is 64.6 Å². The number of amides is 1. The number of rotatable bonds is 10. The monoisotopic (exact) mass is 395 g/mol. The van der Waals surface area contributed by atoms with Crippen molar-refractivity contribution in [2.45, 2.75) is 116 Å². The number of hydrogen-bond donors (Lipinski definition) is 1. The summed E-state index contributed by atoms with van der Waals surface area (Å²) in [6.07, 6.45) is 10.2. The van der Waals surface area contributed by atoms with Gasteiger partial charge in [-0.3, -0.25) is 9.59 Å². The van der Waals surface area contributed by atoms with Crippen LogP contribution in [0.5, 0.6) is 0 Å². The van der Waals surface area contributed by atoms with Gasteiger partial charge in [-0.1, -0.05) is 13.8 Å². The van der Waals surface area contributed by atoms with Crippen molar-refractivity contribution in [1.29, 1.82) is 0 Å². The zero-order valence-corrected chi connectivity index (χ0v) is 18.4. The molecule has 0 atom stereocenters. The van der Waals surface area contributed by atoms with Crippen LogP contribution in [0.25, 0.3) is 0 Å². The van der Waals surface area contributed by atoms with Crippen molar-refractivity contribution in [3.63, 3.8) is 0 Å². The predicted octanol–water partition coefficient (Wildman–Crippen LogP) is 4.42. The van der Waals surface area contributed by atoms with Crippen molar-refractivity contribution in [2.75, 3.05) is 6.61 Å². The van der Waals surface area contributed by atoms with Crippen LogP contribution in [0.3, 0.4) is 0 Å². The Hall–Kier alpha value is -0.940. The molecule has 0 aliphatic heterocycles. The number of hydrogen-bond acceptors (Lipinski definition) is 4. The fourth-order valence-electron chi connectivity index (χ4n) is 4.50. The maximum absolute atomic E-state index is 12.2. The predicted molar refractivity (Wildman–Crippen MR) is 111 cm³/mol. The molecule has 2 aliphatic rings. The number of Topliss-reactive ketones (excluding diaryl/α,β-unsaturated/α-hetero) is 1. The van der Waals surface area contributed by atoms with Crippen molar-refractivity contribution < 1.29 is 19.1 Å². The van der Waals surface area contributed by atoms with E-state index in [2.05, 4.69) is 19.2 Å². The summed E-state index contributed by atoms with van der Waals surface area (Å²) >= 11 is 0. The summed E-state index contributed by atoms with van der Waals surface area (Å²) in [4.78, 5) is 24.3. The van der Waals surface area contributed by atoms with Gasteiger partial charge in [-0.25, -0.2) is 0 Å². The van der Waals surface area contributed by atoms with E-state index in [1.807, 2.05) is 13.8 Å². The fraction of sp³-hybridized carbons (Fsp3) is 0.913. The zero-order valence-electron chi connectivity index (χ0n) is 18.4. The van der Waals surface area contributed by atoms with Gasteiger partial charge in [0.25, 0.3) is 0 Å². The third kappa shape index (κ3) is 8.20. The Labute approximate surface area is 171 Å². The van der Waals surface area contributed by atoms with Crippen molar-refractivity contribution >= 4 is 11.7 Å². The molecule has 0 spiro atoms. The van der Waals surface area contributed by atoms with Gasteiger partial charge >= 0.3 is 0 Å². The molecule has 2 rings (SSSR count). The molecule has 28 heavy (non-hydrogen) atoms. The molecule has 5 heteroatoms. The quantitative estimate of drug-likeness (QED) is 0.556. The summed E-state index contributed by atoms with van der Waals surface area (Å²) in [6, 6.07) is 0.237. The first-order valence-corrected chi connectivity index (χ1v) is 11.4. The fourth-order valence-corrected chi connectivity index (χ4v) is 4.50. The van der Waals surface area contributed by atoms with Crippen LogP contribution >= 0.6 is 0 Å². The minimum Gasteiger partial charge on any atom is -0.378 e. The van der Waals surface area contributed by atoms with Gasteiger partial charge < -0.3 is 14.8 Å². The maximum Gasteiger partial charge on any atom is 0.220 e. The van der Waals surface area contributed by atoms with Crippen molar-refractivity contribution in [1.82, 2.24) is 5.32 Å². The minimum absolute atomic E-state index is 0.119. The molecule has 2 aliphatic carbocycles. The first kappa shape index (κ1) is 23.3. The molecular weight excluding hydrogens is 354 g/mol. The van der Waals surface area contributed by atoms with E-state index in [4.69, 9.17) is 9.47 Å². The van der Waals surface area contributed by atoms with Crippen LogP contribution in [0.1, 0.15) is 91.9 Å². The first-order valence-electron chi connectivity index (χ1n) is 11.4. The first-order chi connectivity index (χ1) is 13.3. The van der Waals surface area contributed by atoms with Crippen molar-refractivity contribution in [2.24, 2.45) is 11.8 Å². The lowest BCUT2D eigenvalue weighted by molar-refractivity contribution is -0.127. The molecule has 0 aromatic carbocycles. The summed E-state index contributed by atoms with van der Waals surface area (Å²) in [7, 11) is 0. The molecule has 162 valence electrons. The molecule has 1 amide bonds. The lowest BCUT2D eigenvalue weighted by atomic mass is 9.80. The van der Waals surface area contributed by atoms with Gasteiger partial charge in [-0.2, -0.15) is 0 Å². The van der Waals surface area contributed by atoms with Crippen LogP contribution in [-0.2, 0) is 19.1 Å². The number of ketones is 1. The van der Waals surface area contributed by atoms with E-state index in [0.717, 1.165) is 57.8 Å². The van der Waals surface area contributed by atoms with E-state index in [1.165, 1.54) is 0 Å². The van der Waals surface area contributed by atoms with Gasteiger partial charge in [-0.05, 0) is 71.6 Å². The van der Waals surface area contributed by atoms with Gasteiger partial charge in [0.05, 0.1) is 18.3 Å². The number of ether oxygens (including phenoxy) is 2. The lowest BCUT2D eigenvalue weighted by Gasteiger charge is -2.30. The molecule has 0 heterocycles. The Morgan fingerprint density at radius 2 is 1.50 bits per heavy atom. The van der Waals surface area contributed by atoms with Crippen LogP contribution < -0.4 is 5.32 Å². The second-order valence-electron chi connectivity index (χ2n) is 9.23. The molecule has 5 nitrogen and oxygen atoms in total. The van der Waals surface area contributed by atoms with E-state index in [9.17, 15) is 9.59 Å². The highest BCUT2D eigenvalue weighted by molar-refractivity contribution is 5.83. The maximum atomic E-state index is 12.2. The van der Waals surface area contributed by atoms with E-state index in [0.29, 0.717) is 37.1 Å². The smallest absolute Gasteiger partial charge is 0.220 e. The highest BCUT2D eigenvalue weighted by atomic mass is 16.5. The molecule has 2 fully saturated rings. The van der Waals surface area contributed by atoms with Crippen molar-refractivity contribution in [3.05, 3.63) is 0 Å². The molecule has 0 bridgehead atoms. The molecule has 1 N–H and O–H groups in total. The van der Waals surface area contributed by atoms with Gasteiger partial charge in [-0.15, -0.1) is 0 Å². The Morgan fingerprint density at radius 1 is 0.893 bits per heavy atom. The van der Waals surface area contributed by atoms with Gasteiger partial charge in [0.15, 0.2) is 0 Å².